The van der Waals surface area contributed by atoms with E-state index in [9.17, 15) is 4.79 Å². The minimum Gasteiger partial charge on any atom is -0.355 e. The average Bonchev–Trinajstić information content (AvgIpc) is 2.37. The molecule has 102 valence electrons. The highest BCUT2D eigenvalue weighted by molar-refractivity contribution is 6.31. The maximum atomic E-state index is 11.7. The molecule has 1 aliphatic carbocycles. The fourth-order valence-corrected chi connectivity index (χ4v) is 3.32. The number of piperidine rings is 1. The monoisotopic (exact) mass is 278 g/mol. The summed E-state index contributed by atoms with van der Waals surface area (Å²) in [5, 5.41) is 7.25. The van der Waals surface area contributed by atoms with Gasteiger partial charge in [0.1, 0.15) is 0 Å². The van der Waals surface area contributed by atoms with Crippen molar-refractivity contribution in [2.75, 3.05) is 6.54 Å². The quantitative estimate of drug-likeness (QED) is 0.892. The van der Waals surface area contributed by atoms with Crippen LogP contribution in [0.1, 0.15) is 37.2 Å². The van der Waals surface area contributed by atoms with E-state index in [2.05, 4.69) is 16.7 Å². The average molecular weight is 279 g/mol. The largest absolute Gasteiger partial charge is 0.355 e. The van der Waals surface area contributed by atoms with Crippen molar-refractivity contribution in [3.8, 4) is 0 Å². The van der Waals surface area contributed by atoms with Crippen molar-refractivity contribution in [3.63, 3.8) is 0 Å². The normalized spacial score (nSPS) is 30.6. The molecule has 1 aromatic carbocycles. The minimum absolute atomic E-state index is 0.00550. The highest BCUT2D eigenvalue weighted by atomic mass is 35.5. The maximum Gasteiger partial charge on any atom is 0.237 e. The molecule has 4 heteroatoms. The highest BCUT2D eigenvalue weighted by Crippen LogP contribution is 2.40. The summed E-state index contributed by atoms with van der Waals surface area (Å²) in [7, 11) is 0. The van der Waals surface area contributed by atoms with Gasteiger partial charge >= 0.3 is 0 Å². The summed E-state index contributed by atoms with van der Waals surface area (Å²) in [6.45, 7) is 0.823. The van der Waals surface area contributed by atoms with E-state index >= 15 is 0 Å². The van der Waals surface area contributed by atoms with Gasteiger partial charge in [-0.2, -0.15) is 0 Å². The van der Waals surface area contributed by atoms with Crippen molar-refractivity contribution < 1.29 is 4.79 Å². The van der Waals surface area contributed by atoms with Gasteiger partial charge in [-0.05, 0) is 43.2 Å². The molecule has 1 unspecified atom stereocenters. The van der Waals surface area contributed by atoms with Gasteiger partial charge in [0, 0.05) is 17.6 Å². The van der Waals surface area contributed by atoms with Gasteiger partial charge in [0.2, 0.25) is 5.91 Å². The van der Waals surface area contributed by atoms with Crippen LogP contribution < -0.4 is 10.6 Å². The van der Waals surface area contributed by atoms with Crippen LogP contribution in [0.2, 0.25) is 5.02 Å². The van der Waals surface area contributed by atoms with E-state index in [4.69, 9.17) is 11.6 Å². The van der Waals surface area contributed by atoms with Gasteiger partial charge in [-0.3, -0.25) is 4.79 Å². The van der Waals surface area contributed by atoms with E-state index in [0.717, 1.165) is 37.3 Å². The standard InChI is InChI=1S/C15H19ClN2O/c16-13-5-2-1-4-12(13)10-8-11(9-10)18-14-6-3-7-17-15(14)19/h1-2,4-5,10-11,14,18H,3,6-9H2,(H,17,19). The van der Waals surface area contributed by atoms with Crippen LogP contribution in [0.3, 0.4) is 0 Å². The maximum absolute atomic E-state index is 11.7. The van der Waals surface area contributed by atoms with Gasteiger partial charge in [0.25, 0.3) is 0 Å². The van der Waals surface area contributed by atoms with Crippen molar-refractivity contribution in [3.05, 3.63) is 34.9 Å². The first-order valence-corrected chi connectivity index (χ1v) is 7.40. The zero-order chi connectivity index (χ0) is 13.2. The summed E-state index contributed by atoms with van der Waals surface area (Å²) < 4.78 is 0. The molecule has 1 heterocycles. The molecule has 3 nitrogen and oxygen atoms in total. The molecule has 2 fully saturated rings. The van der Waals surface area contributed by atoms with E-state index in [1.807, 2.05) is 18.2 Å². The lowest BCUT2D eigenvalue weighted by Crippen LogP contribution is -2.54. The van der Waals surface area contributed by atoms with Gasteiger partial charge in [-0.25, -0.2) is 0 Å². The number of benzene rings is 1. The molecule has 1 amide bonds. The molecular formula is C15H19ClN2O. The highest BCUT2D eigenvalue weighted by Gasteiger charge is 2.34. The predicted molar refractivity (Wildman–Crippen MR) is 76.4 cm³/mol. The summed E-state index contributed by atoms with van der Waals surface area (Å²) in [6.07, 6.45) is 4.18. The number of halogens is 1. The molecule has 19 heavy (non-hydrogen) atoms. The molecule has 0 spiro atoms. The Morgan fingerprint density at radius 1 is 1.26 bits per heavy atom. The Kier molecular flexibility index (Phi) is 3.76. The van der Waals surface area contributed by atoms with Gasteiger partial charge in [-0.15, -0.1) is 0 Å². The van der Waals surface area contributed by atoms with Gasteiger partial charge in [0.05, 0.1) is 6.04 Å². The van der Waals surface area contributed by atoms with E-state index in [0.29, 0.717) is 12.0 Å². The van der Waals surface area contributed by atoms with Crippen molar-refractivity contribution in [1.82, 2.24) is 10.6 Å². The van der Waals surface area contributed by atoms with E-state index in [-0.39, 0.29) is 11.9 Å². The number of hydrogen-bond acceptors (Lipinski definition) is 2. The molecule has 2 aliphatic rings. The number of carbonyl (C=O) groups excluding carboxylic acids is 1. The van der Waals surface area contributed by atoms with Crippen LogP contribution >= 0.6 is 11.6 Å². The molecule has 0 aromatic heterocycles. The molecule has 0 radical (unpaired) electrons. The number of amides is 1. The molecule has 1 atom stereocenters. The van der Waals surface area contributed by atoms with Gasteiger partial charge in [0.15, 0.2) is 0 Å². The molecule has 1 aliphatic heterocycles. The zero-order valence-electron chi connectivity index (χ0n) is 10.9. The molecular weight excluding hydrogens is 260 g/mol. The number of carbonyl (C=O) groups is 1. The first kappa shape index (κ1) is 12.9. The van der Waals surface area contributed by atoms with E-state index in [1.54, 1.807) is 0 Å². The Morgan fingerprint density at radius 3 is 2.79 bits per heavy atom. The summed E-state index contributed by atoms with van der Waals surface area (Å²) in [4.78, 5) is 11.7. The lowest BCUT2D eigenvalue weighted by molar-refractivity contribution is -0.124. The topological polar surface area (TPSA) is 41.1 Å². The summed E-state index contributed by atoms with van der Waals surface area (Å²) in [6, 6.07) is 8.52. The minimum atomic E-state index is 0.00550. The van der Waals surface area contributed by atoms with Crippen LogP contribution in [-0.4, -0.2) is 24.5 Å². The third kappa shape index (κ3) is 2.77. The third-order valence-corrected chi connectivity index (χ3v) is 4.55. The third-order valence-electron chi connectivity index (χ3n) is 4.21. The van der Waals surface area contributed by atoms with E-state index in [1.165, 1.54) is 5.56 Å². The second-order valence-electron chi connectivity index (χ2n) is 5.54. The SMILES string of the molecule is O=C1NCCCC1NC1CC(c2ccccc2Cl)C1. The Morgan fingerprint density at radius 2 is 2.05 bits per heavy atom. The van der Waals surface area contributed by atoms with Crippen LogP contribution in [0.5, 0.6) is 0 Å². The summed E-state index contributed by atoms with van der Waals surface area (Å²) in [5.74, 6) is 0.699. The first-order chi connectivity index (χ1) is 9.24. The molecule has 2 N–H and O–H groups in total. The molecule has 1 saturated carbocycles. The van der Waals surface area contributed by atoms with Gasteiger partial charge in [-0.1, -0.05) is 29.8 Å². The molecule has 0 bridgehead atoms. The second-order valence-corrected chi connectivity index (χ2v) is 5.95. The fourth-order valence-electron chi connectivity index (χ4n) is 3.03. The summed E-state index contributed by atoms with van der Waals surface area (Å²) in [5.41, 5.74) is 1.25. The van der Waals surface area contributed by atoms with Crippen LogP contribution in [-0.2, 0) is 4.79 Å². The lowest BCUT2D eigenvalue weighted by atomic mass is 9.75. The zero-order valence-corrected chi connectivity index (χ0v) is 11.6. The van der Waals surface area contributed by atoms with Crippen LogP contribution in [0.15, 0.2) is 24.3 Å². The second kappa shape index (κ2) is 5.51. The van der Waals surface area contributed by atoms with Crippen LogP contribution in [0, 0.1) is 0 Å². The lowest BCUT2D eigenvalue weighted by Gasteiger charge is -2.39. The Bertz CT molecular complexity index is 471. The summed E-state index contributed by atoms with van der Waals surface area (Å²) >= 11 is 6.21. The number of hydrogen-bond donors (Lipinski definition) is 2. The van der Waals surface area contributed by atoms with Crippen LogP contribution in [0.4, 0.5) is 0 Å². The Hall–Kier alpha value is -1.06. The van der Waals surface area contributed by atoms with Crippen molar-refractivity contribution in [2.45, 2.75) is 43.7 Å². The Balaban J connectivity index is 1.53. The predicted octanol–water partition coefficient (Wildman–Crippen LogP) is 2.45. The van der Waals surface area contributed by atoms with Gasteiger partial charge < -0.3 is 10.6 Å². The smallest absolute Gasteiger partial charge is 0.237 e. The Labute approximate surface area is 118 Å². The fraction of sp³-hybridized carbons (Fsp3) is 0.533. The van der Waals surface area contributed by atoms with E-state index < -0.39 is 0 Å². The molecule has 1 saturated heterocycles. The van der Waals surface area contributed by atoms with Crippen molar-refractivity contribution in [1.29, 1.82) is 0 Å². The van der Waals surface area contributed by atoms with Crippen molar-refractivity contribution in [2.24, 2.45) is 0 Å². The number of nitrogens with one attached hydrogen (secondary N) is 2. The van der Waals surface area contributed by atoms with Crippen LogP contribution in [0.25, 0.3) is 0 Å². The molecule has 3 rings (SSSR count). The first-order valence-electron chi connectivity index (χ1n) is 7.02. The number of rotatable bonds is 3. The van der Waals surface area contributed by atoms with Crippen molar-refractivity contribution >= 4 is 17.5 Å². The molecule has 1 aromatic rings.